The second-order valence-electron chi connectivity index (χ2n) is 8.73. The lowest BCUT2D eigenvalue weighted by molar-refractivity contribution is 0.0697. The predicted molar refractivity (Wildman–Crippen MR) is 129 cm³/mol. The molecule has 9 heteroatoms. The van der Waals surface area contributed by atoms with Gasteiger partial charge in [0.1, 0.15) is 0 Å². The Morgan fingerprint density at radius 2 is 1.76 bits per heavy atom. The predicted octanol–water partition coefficient (Wildman–Crippen LogP) is 4.42. The Balaban J connectivity index is 1.47. The van der Waals surface area contributed by atoms with Crippen LogP contribution in [-0.2, 0) is 10.0 Å². The number of aryl methyl sites for hydroxylation is 2. The monoisotopic (exact) mass is 476 g/mol. The zero-order valence-corrected chi connectivity index (χ0v) is 19.5. The fourth-order valence-electron chi connectivity index (χ4n) is 4.85. The Morgan fingerprint density at radius 1 is 1.06 bits per heavy atom. The van der Waals surface area contributed by atoms with Crippen LogP contribution >= 0.6 is 0 Å². The highest BCUT2D eigenvalue weighted by Gasteiger charge is 2.38. The molecule has 5 rings (SSSR count). The van der Waals surface area contributed by atoms with Crippen molar-refractivity contribution in [2.45, 2.75) is 37.1 Å². The second-order valence-corrected chi connectivity index (χ2v) is 10.4. The quantitative estimate of drug-likeness (QED) is 0.466. The lowest BCUT2D eigenvalue weighted by Gasteiger charge is -2.37. The lowest BCUT2D eigenvalue weighted by atomic mass is 9.77. The summed E-state index contributed by atoms with van der Waals surface area (Å²) in [6.07, 6.45) is 5.08. The number of nitrogens with zero attached hydrogens (tertiary/aromatic N) is 2. The molecule has 0 fully saturated rings. The molecule has 0 bridgehead atoms. The van der Waals surface area contributed by atoms with Crippen molar-refractivity contribution in [3.05, 3.63) is 88.8 Å². The van der Waals surface area contributed by atoms with Gasteiger partial charge in [0.25, 0.3) is 10.0 Å². The van der Waals surface area contributed by atoms with E-state index in [0.29, 0.717) is 11.4 Å². The average molecular weight is 477 g/mol. The average Bonchev–Trinajstić information content (AvgIpc) is 3.27. The first-order chi connectivity index (χ1) is 16.2. The lowest BCUT2D eigenvalue weighted by Crippen LogP contribution is -2.29. The molecule has 2 aliphatic rings. The summed E-state index contributed by atoms with van der Waals surface area (Å²) in [5.41, 5.74) is 4.39. The van der Waals surface area contributed by atoms with Gasteiger partial charge in [-0.1, -0.05) is 24.3 Å². The van der Waals surface area contributed by atoms with Gasteiger partial charge < -0.3 is 10.4 Å². The molecule has 0 saturated carbocycles. The number of hydrogen-bond donors (Lipinski definition) is 3. The van der Waals surface area contributed by atoms with E-state index < -0.39 is 16.0 Å². The third-order valence-corrected chi connectivity index (χ3v) is 7.70. The van der Waals surface area contributed by atoms with Crippen LogP contribution in [0.3, 0.4) is 0 Å². The van der Waals surface area contributed by atoms with Crippen LogP contribution in [-0.4, -0.2) is 29.5 Å². The van der Waals surface area contributed by atoms with Crippen LogP contribution in [0.4, 0.5) is 11.6 Å². The molecule has 1 aromatic heterocycles. The molecule has 0 unspecified atom stereocenters. The highest BCUT2D eigenvalue weighted by Crippen LogP contribution is 2.50. The summed E-state index contributed by atoms with van der Waals surface area (Å²) in [6.45, 7) is 3.57. The van der Waals surface area contributed by atoms with Crippen LogP contribution < -0.4 is 10.0 Å². The van der Waals surface area contributed by atoms with E-state index in [1.807, 2.05) is 12.1 Å². The number of aromatic carboxylic acids is 1. The third kappa shape index (κ3) is 4.03. The van der Waals surface area contributed by atoms with E-state index >= 15 is 0 Å². The van der Waals surface area contributed by atoms with E-state index in [0.717, 1.165) is 23.2 Å². The molecule has 0 spiro atoms. The van der Waals surface area contributed by atoms with Gasteiger partial charge in [0.05, 0.1) is 16.5 Å². The standard InChI is InChI=1S/C25H24N4O4S/c1-14-12-15(2)27-25(26-14)29-34(32,33)18-10-11-22-21(13-18)19-4-3-5-20(19)23(28-22)16-6-8-17(9-7-16)24(30)31/h3-4,6-13,19-20,23,28H,5H2,1-2H3,(H,30,31)(H,26,27,29)/t19-,20+,23-/m1/s1. The number of hydrogen-bond acceptors (Lipinski definition) is 6. The summed E-state index contributed by atoms with van der Waals surface area (Å²) < 4.78 is 28.7. The van der Waals surface area contributed by atoms with Crippen molar-refractivity contribution in [3.63, 3.8) is 0 Å². The Bertz CT molecular complexity index is 1400. The number of benzene rings is 2. The normalized spacial score (nSPS) is 20.8. The van der Waals surface area contributed by atoms with E-state index in [1.165, 1.54) is 0 Å². The Labute approximate surface area is 197 Å². The van der Waals surface area contributed by atoms with Gasteiger partial charge in [-0.05, 0) is 73.7 Å². The number of nitrogens with one attached hydrogen (secondary N) is 2. The van der Waals surface area contributed by atoms with Crippen LogP contribution in [0.1, 0.15) is 51.3 Å². The fraction of sp³-hybridized carbons (Fsp3) is 0.240. The van der Waals surface area contributed by atoms with Gasteiger partial charge in [0, 0.05) is 23.0 Å². The molecule has 0 saturated heterocycles. The van der Waals surface area contributed by atoms with Crippen LogP contribution in [0.25, 0.3) is 0 Å². The molecule has 1 aliphatic heterocycles. The molecular weight excluding hydrogens is 452 g/mol. The molecule has 3 atom stereocenters. The first-order valence-corrected chi connectivity index (χ1v) is 12.4. The summed E-state index contributed by atoms with van der Waals surface area (Å²) in [5, 5.41) is 12.7. The molecule has 2 aromatic carbocycles. The third-order valence-electron chi connectivity index (χ3n) is 6.37. The number of aromatic nitrogens is 2. The number of rotatable bonds is 5. The first kappa shape index (κ1) is 22.1. The molecule has 8 nitrogen and oxygen atoms in total. The summed E-state index contributed by atoms with van der Waals surface area (Å²) >= 11 is 0. The molecular formula is C25H24N4O4S. The maximum Gasteiger partial charge on any atom is 0.335 e. The SMILES string of the molecule is Cc1cc(C)nc(NS(=O)(=O)c2ccc3c(c2)[C@@H]2C=CC[C@@H]2[C@@H](c2ccc(C(=O)O)cc2)N3)n1. The molecule has 0 radical (unpaired) electrons. The van der Waals surface area contributed by atoms with Gasteiger partial charge in [-0.15, -0.1) is 0 Å². The summed E-state index contributed by atoms with van der Waals surface area (Å²) in [7, 11) is -3.87. The molecule has 3 N–H and O–H groups in total. The number of carboxylic acid groups (broad SMARTS) is 1. The summed E-state index contributed by atoms with van der Waals surface area (Å²) in [5.74, 6) is -0.663. The summed E-state index contributed by atoms with van der Waals surface area (Å²) in [6, 6.07) is 13.7. The van der Waals surface area contributed by atoms with E-state index in [1.54, 1.807) is 50.2 Å². The minimum Gasteiger partial charge on any atom is -0.478 e. The van der Waals surface area contributed by atoms with Gasteiger partial charge in [-0.25, -0.2) is 27.9 Å². The van der Waals surface area contributed by atoms with E-state index in [4.69, 9.17) is 0 Å². The minimum absolute atomic E-state index is 0.0143. The molecule has 34 heavy (non-hydrogen) atoms. The van der Waals surface area contributed by atoms with Crippen molar-refractivity contribution in [1.29, 1.82) is 0 Å². The number of carboxylic acids is 1. The Kier molecular flexibility index (Phi) is 5.36. The largest absolute Gasteiger partial charge is 0.478 e. The number of allylic oxidation sites excluding steroid dienone is 2. The Hall–Kier alpha value is -3.72. The molecule has 174 valence electrons. The number of sulfonamides is 1. The minimum atomic E-state index is -3.87. The van der Waals surface area contributed by atoms with Gasteiger partial charge in [-0.3, -0.25) is 0 Å². The van der Waals surface area contributed by atoms with Crippen LogP contribution in [0.2, 0.25) is 0 Å². The van der Waals surface area contributed by atoms with Crippen molar-refractivity contribution < 1.29 is 18.3 Å². The molecule has 3 aromatic rings. The molecule has 1 aliphatic carbocycles. The molecule has 0 amide bonds. The van der Waals surface area contributed by atoms with Gasteiger partial charge in [0.2, 0.25) is 5.95 Å². The maximum atomic E-state index is 13.1. The van der Waals surface area contributed by atoms with E-state index in [2.05, 4.69) is 32.2 Å². The van der Waals surface area contributed by atoms with Crippen molar-refractivity contribution in [2.24, 2.45) is 5.92 Å². The van der Waals surface area contributed by atoms with Gasteiger partial charge in [-0.2, -0.15) is 0 Å². The van der Waals surface area contributed by atoms with Crippen LogP contribution in [0, 0.1) is 19.8 Å². The second kappa shape index (κ2) is 8.25. The van der Waals surface area contributed by atoms with Gasteiger partial charge in [0.15, 0.2) is 0 Å². The van der Waals surface area contributed by atoms with E-state index in [-0.39, 0.29) is 34.3 Å². The van der Waals surface area contributed by atoms with Crippen molar-refractivity contribution in [1.82, 2.24) is 9.97 Å². The maximum absolute atomic E-state index is 13.1. The topological polar surface area (TPSA) is 121 Å². The molecule has 2 heterocycles. The zero-order valence-electron chi connectivity index (χ0n) is 18.7. The Morgan fingerprint density at radius 3 is 2.44 bits per heavy atom. The highest BCUT2D eigenvalue weighted by atomic mass is 32.2. The fourth-order valence-corrected chi connectivity index (χ4v) is 5.83. The summed E-state index contributed by atoms with van der Waals surface area (Å²) in [4.78, 5) is 19.7. The van der Waals surface area contributed by atoms with Crippen molar-refractivity contribution >= 4 is 27.6 Å². The highest BCUT2D eigenvalue weighted by molar-refractivity contribution is 7.92. The van der Waals surface area contributed by atoms with Crippen molar-refractivity contribution in [2.75, 3.05) is 10.0 Å². The smallest absolute Gasteiger partial charge is 0.335 e. The van der Waals surface area contributed by atoms with E-state index in [9.17, 15) is 18.3 Å². The van der Waals surface area contributed by atoms with Crippen LogP contribution in [0.15, 0.2) is 65.6 Å². The number of anilines is 2. The first-order valence-electron chi connectivity index (χ1n) is 11.0. The van der Waals surface area contributed by atoms with Crippen LogP contribution in [0.5, 0.6) is 0 Å². The van der Waals surface area contributed by atoms with Gasteiger partial charge >= 0.3 is 5.97 Å². The van der Waals surface area contributed by atoms with Crippen molar-refractivity contribution in [3.8, 4) is 0 Å². The number of fused-ring (bicyclic) bond motifs is 3. The number of carbonyl (C=O) groups is 1. The zero-order chi connectivity index (χ0) is 24.0.